The predicted octanol–water partition coefficient (Wildman–Crippen LogP) is 1.97. The van der Waals surface area contributed by atoms with E-state index in [4.69, 9.17) is 8.85 Å². The molecule has 7 nitrogen and oxygen atoms in total. The van der Waals surface area contributed by atoms with E-state index in [0.717, 1.165) is 4.90 Å². The lowest BCUT2D eigenvalue weighted by Crippen LogP contribution is -2.61. The van der Waals surface area contributed by atoms with Crippen LogP contribution in [0.3, 0.4) is 0 Å². The number of ether oxygens (including phenoxy) is 1. The Kier molecular flexibility index (Phi) is 3.05. The predicted molar refractivity (Wildman–Crippen MR) is 81.1 cm³/mol. The standard InChI is InChI=1S/C15H21N3O4/c1-9-11(18(14(20)21)15(2,3)4)13(19)17(5)12-10(22-9)7-6-8-16-12/h6-9,11H,1-5H3,(H,20,21)/t9-,11+/m1/s1/i5D3. The summed E-state index contributed by atoms with van der Waals surface area (Å²) in [4.78, 5) is 30.3. The van der Waals surface area contributed by atoms with E-state index in [1.165, 1.54) is 19.2 Å². The van der Waals surface area contributed by atoms with Gasteiger partial charge in [0.1, 0.15) is 6.10 Å². The second-order valence-corrected chi connectivity index (χ2v) is 6.09. The number of anilines is 1. The van der Waals surface area contributed by atoms with Crippen LogP contribution in [0.15, 0.2) is 18.3 Å². The van der Waals surface area contributed by atoms with Crippen LogP contribution in [0.1, 0.15) is 31.8 Å². The number of rotatable bonds is 1. The van der Waals surface area contributed by atoms with Crippen LogP contribution >= 0.6 is 0 Å². The summed E-state index contributed by atoms with van der Waals surface area (Å²) in [6.45, 7) is 3.56. The van der Waals surface area contributed by atoms with Crippen LogP contribution in [-0.4, -0.2) is 51.7 Å². The van der Waals surface area contributed by atoms with Gasteiger partial charge in [-0.2, -0.15) is 0 Å². The van der Waals surface area contributed by atoms with E-state index < -0.39 is 36.7 Å². The molecular formula is C15H21N3O4. The number of carbonyl (C=O) groups is 2. The number of carboxylic acid groups (broad SMARTS) is 1. The normalized spacial score (nSPS) is 24.3. The van der Waals surface area contributed by atoms with Gasteiger partial charge in [0.2, 0.25) is 0 Å². The lowest BCUT2D eigenvalue weighted by atomic mass is 10.00. The molecule has 0 unspecified atom stereocenters. The first-order valence-corrected chi connectivity index (χ1v) is 6.83. The summed E-state index contributed by atoms with van der Waals surface area (Å²) in [5.41, 5.74) is -0.950. The van der Waals surface area contributed by atoms with Gasteiger partial charge in [-0.25, -0.2) is 9.78 Å². The first-order valence-electron chi connectivity index (χ1n) is 8.33. The van der Waals surface area contributed by atoms with Crippen molar-refractivity contribution in [3.05, 3.63) is 18.3 Å². The number of hydrogen-bond acceptors (Lipinski definition) is 4. The van der Waals surface area contributed by atoms with E-state index in [1.54, 1.807) is 26.8 Å². The fourth-order valence-electron chi connectivity index (χ4n) is 2.49. The highest BCUT2D eigenvalue weighted by molar-refractivity contribution is 5.99. The van der Waals surface area contributed by atoms with E-state index in [-0.39, 0.29) is 11.6 Å². The number of aromatic nitrogens is 1. The highest BCUT2D eigenvalue weighted by Gasteiger charge is 2.45. The first kappa shape index (κ1) is 12.3. The van der Waals surface area contributed by atoms with Crippen molar-refractivity contribution in [1.82, 2.24) is 9.88 Å². The van der Waals surface area contributed by atoms with Crippen molar-refractivity contribution in [1.29, 1.82) is 0 Å². The Labute approximate surface area is 133 Å². The summed E-state index contributed by atoms with van der Waals surface area (Å²) in [6.07, 6.45) is -0.901. The molecule has 1 aromatic rings. The van der Waals surface area contributed by atoms with Gasteiger partial charge in [-0.15, -0.1) is 0 Å². The highest BCUT2D eigenvalue weighted by atomic mass is 16.5. The monoisotopic (exact) mass is 310 g/mol. The summed E-state index contributed by atoms with van der Waals surface area (Å²) < 4.78 is 28.9. The Balaban J connectivity index is 2.66. The number of likely N-dealkylation sites (N-methyl/N-ethyl adjacent to an activating group) is 1. The zero-order chi connectivity index (χ0) is 19.2. The molecule has 0 bridgehead atoms. The van der Waals surface area contributed by atoms with Crippen LogP contribution < -0.4 is 9.64 Å². The minimum absolute atomic E-state index is 0.112. The number of fused-ring (bicyclic) bond motifs is 1. The van der Waals surface area contributed by atoms with Crippen molar-refractivity contribution in [3.63, 3.8) is 0 Å². The van der Waals surface area contributed by atoms with Gasteiger partial charge in [0, 0.05) is 22.8 Å². The topological polar surface area (TPSA) is 83.0 Å². The van der Waals surface area contributed by atoms with Crippen molar-refractivity contribution < 1.29 is 23.5 Å². The third-order valence-corrected chi connectivity index (χ3v) is 3.40. The van der Waals surface area contributed by atoms with Crippen LogP contribution in [0.5, 0.6) is 5.75 Å². The largest absolute Gasteiger partial charge is 0.484 e. The maximum absolute atomic E-state index is 13.1. The molecular weight excluding hydrogens is 286 g/mol. The van der Waals surface area contributed by atoms with Gasteiger partial charge in [0.25, 0.3) is 5.91 Å². The van der Waals surface area contributed by atoms with E-state index in [1.807, 2.05) is 0 Å². The Morgan fingerprint density at radius 2 is 2.23 bits per heavy atom. The summed E-state index contributed by atoms with van der Waals surface area (Å²) >= 11 is 0. The zero-order valence-corrected chi connectivity index (χ0v) is 12.9. The fourth-order valence-corrected chi connectivity index (χ4v) is 2.49. The molecule has 0 saturated heterocycles. The molecule has 2 atom stereocenters. The molecule has 2 heterocycles. The highest BCUT2D eigenvalue weighted by Crippen LogP contribution is 2.33. The van der Waals surface area contributed by atoms with E-state index in [0.29, 0.717) is 4.90 Å². The number of pyridine rings is 1. The van der Waals surface area contributed by atoms with Gasteiger partial charge in [-0.1, -0.05) is 0 Å². The van der Waals surface area contributed by atoms with Crippen LogP contribution in [0.4, 0.5) is 10.6 Å². The fraction of sp³-hybridized carbons (Fsp3) is 0.533. The van der Waals surface area contributed by atoms with Crippen LogP contribution in [-0.2, 0) is 4.79 Å². The summed E-state index contributed by atoms with van der Waals surface area (Å²) in [7, 11) is 0. The molecule has 1 aromatic heterocycles. The molecule has 1 aliphatic rings. The quantitative estimate of drug-likeness (QED) is 0.857. The molecule has 1 aliphatic heterocycles. The molecule has 0 radical (unpaired) electrons. The molecule has 120 valence electrons. The molecule has 2 amide bonds. The van der Waals surface area contributed by atoms with Crippen molar-refractivity contribution in [3.8, 4) is 5.75 Å². The Morgan fingerprint density at radius 3 is 2.77 bits per heavy atom. The molecule has 1 N–H and O–H groups in total. The number of carbonyl (C=O) groups excluding carboxylic acids is 1. The molecule has 2 rings (SSSR count). The minimum Gasteiger partial charge on any atom is -0.484 e. The molecule has 7 heteroatoms. The summed E-state index contributed by atoms with van der Waals surface area (Å²) in [5, 5.41) is 9.64. The average Bonchev–Trinajstić information content (AvgIpc) is 2.52. The third kappa shape index (κ3) is 2.70. The van der Waals surface area contributed by atoms with Crippen molar-refractivity contribution in [2.75, 3.05) is 11.9 Å². The maximum atomic E-state index is 13.1. The van der Waals surface area contributed by atoms with E-state index in [9.17, 15) is 14.7 Å². The summed E-state index contributed by atoms with van der Waals surface area (Å²) in [6, 6.07) is 1.70. The van der Waals surface area contributed by atoms with Gasteiger partial charge in [0.15, 0.2) is 17.6 Å². The van der Waals surface area contributed by atoms with Gasteiger partial charge >= 0.3 is 6.09 Å². The second kappa shape index (κ2) is 5.47. The Bertz CT molecular complexity index is 687. The van der Waals surface area contributed by atoms with Crippen LogP contribution in [0, 0.1) is 0 Å². The average molecular weight is 310 g/mol. The molecule has 0 fully saturated rings. The third-order valence-electron chi connectivity index (χ3n) is 3.40. The van der Waals surface area contributed by atoms with Crippen molar-refractivity contribution in [2.24, 2.45) is 0 Å². The minimum atomic E-state index is -2.84. The zero-order valence-electron chi connectivity index (χ0n) is 15.9. The van der Waals surface area contributed by atoms with Gasteiger partial charge in [0.05, 0.1) is 0 Å². The van der Waals surface area contributed by atoms with Gasteiger partial charge in [-0.05, 0) is 39.8 Å². The van der Waals surface area contributed by atoms with E-state index >= 15 is 0 Å². The lowest BCUT2D eigenvalue weighted by Gasteiger charge is -2.40. The van der Waals surface area contributed by atoms with Crippen molar-refractivity contribution in [2.45, 2.75) is 45.4 Å². The van der Waals surface area contributed by atoms with Crippen LogP contribution in [0.2, 0.25) is 0 Å². The number of nitrogens with zero attached hydrogens (tertiary/aromatic N) is 3. The van der Waals surface area contributed by atoms with Gasteiger partial charge < -0.3 is 9.84 Å². The van der Waals surface area contributed by atoms with E-state index in [2.05, 4.69) is 4.98 Å². The molecule has 0 spiro atoms. The number of amides is 2. The van der Waals surface area contributed by atoms with Gasteiger partial charge in [-0.3, -0.25) is 14.6 Å². The Morgan fingerprint density at radius 1 is 1.55 bits per heavy atom. The van der Waals surface area contributed by atoms with Crippen LogP contribution in [0.25, 0.3) is 0 Å². The maximum Gasteiger partial charge on any atom is 0.408 e. The smallest absolute Gasteiger partial charge is 0.408 e. The second-order valence-electron chi connectivity index (χ2n) is 6.09. The molecule has 0 aromatic carbocycles. The summed E-state index contributed by atoms with van der Waals surface area (Å²) in [5.74, 6) is -0.940. The lowest BCUT2D eigenvalue weighted by molar-refractivity contribution is -0.127. The molecule has 0 saturated carbocycles. The molecule has 0 aliphatic carbocycles. The van der Waals surface area contributed by atoms with Crippen molar-refractivity contribution >= 4 is 17.8 Å². The Hall–Kier alpha value is -2.31. The SMILES string of the molecule is [2H]C([2H])([2H])N1C(=O)[C@@H](N(C(=O)O)C(C)(C)C)[C@@H](C)Oc2cccnc21. The first-order chi connectivity index (χ1) is 11.4. The number of hydrogen-bond donors (Lipinski definition) is 1. The molecule has 22 heavy (non-hydrogen) atoms.